The highest BCUT2D eigenvalue weighted by Crippen LogP contribution is 2.35. The number of carbonyl (C=O) groups is 2. The van der Waals surface area contributed by atoms with Gasteiger partial charge >= 0.3 is 5.97 Å². The molecule has 0 radical (unpaired) electrons. The van der Waals surface area contributed by atoms with Crippen LogP contribution >= 0.6 is 11.3 Å². The van der Waals surface area contributed by atoms with Crippen LogP contribution in [0.25, 0.3) is 20.7 Å². The van der Waals surface area contributed by atoms with Crippen LogP contribution in [0.2, 0.25) is 0 Å². The minimum Gasteiger partial charge on any atom is -0.478 e. The standard InChI is InChI=1S/C23H20N4O3S/c1-27(11-10-20(28)26-17-9-5-8-16(12-17)23(29)30)21-18-13-19(15-6-3-2-4-7-15)31-22(18)25-14-24-21/h2-9,12-14H,10-11H2,1H3,(H,26,28)(H,29,30). The molecule has 2 aromatic carbocycles. The zero-order valence-corrected chi connectivity index (χ0v) is 17.6. The molecule has 1 amide bonds. The minimum atomic E-state index is -1.03. The molecule has 0 atom stereocenters. The van der Waals surface area contributed by atoms with Crippen LogP contribution in [0.4, 0.5) is 11.5 Å². The minimum absolute atomic E-state index is 0.130. The predicted octanol–water partition coefficient (Wildman–Crippen LogP) is 4.52. The maximum atomic E-state index is 12.4. The number of hydrogen-bond donors (Lipinski definition) is 2. The number of aromatic nitrogens is 2. The summed E-state index contributed by atoms with van der Waals surface area (Å²) in [5.41, 5.74) is 1.72. The number of carboxylic acids is 1. The number of fused-ring (bicyclic) bond motifs is 1. The van der Waals surface area contributed by atoms with Gasteiger partial charge in [-0.15, -0.1) is 11.3 Å². The first-order valence-electron chi connectivity index (χ1n) is 9.65. The fraction of sp³-hybridized carbons (Fsp3) is 0.130. The normalized spacial score (nSPS) is 10.7. The maximum Gasteiger partial charge on any atom is 0.335 e. The molecule has 4 aromatic rings. The lowest BCUT2D eigenvalue weighted by molar-refractivity contribution is -0.116. The van der Waals surface area contributed by atoms with Gasteiger partial charge in [0.15, 0.2) is 0 Å². The highest BCUT2D eigenvalue weighted by Gasteiger charge is 2.14. The van der Waals surface area contributed by atoms with Gasteiger partial charge in [0.25, 0.3) is 0 Å². The van der Waals surface area contributed by atoms with Gasteiger partial charge in [-0.3, -0.25) is 4.79 Å². The number of nitrogens with zero attached hydrogens (tertiary/aromatic N) is 3. The molecule has 0 fully saturated rings. The zero-order chi connectivity index (χ0) is 21.8. The molecule has 0 aliphatic rings. The van der Waals surface area contributed by atoms with Crippen molar-refractivity contribution in [1.82, 2.24) is 9.97 Å². The second-order valence-electron chi connectivity index (χ2n) is 7.00. The fourth-order valence-corrected chi connectivity index (χ4v) is 4.22. The van der Waals surface area contributed by atoms with E-state index in [1.807, 2.05) is 30.1 Å². The van der Waals surface area contributed by atoms with Gasteiger partial charge in [-0.05, 0) is 29.8 Å². The van der Waals surface area contributed by atoms with Gasteiger partial charge in [0.1, 0.15) is 17.0 Å². The van der Waals surface area contributed by atoms with Crippen LogP contribution < -0.4 is 10.2 Å². The van der Waals surface area contributed by atoms with Crippen LogP contribution in [-0.4, -0.2) is 40.5 Å². The molecule has 31 heavy (non-hydrogen) atoms. The maximum absolute atomic E-state index is 12.4. The third-order valence-corrected chi connectivity index (χ3v) is 5.89. The summed E-state index contributed by atoms with van der Waals surface area (Å²) in [6, 6.07) is 18.4. The SMILES string of the molecule is CN(CCC(=O)Nc1cccc(C(=O)O)c1)c1ncnc2sc(-c3ccccc3)cc12. The number of rotatable bonds is 7. The Morgan fingerprint density at radius 1 is 1.06 bits per heavy atom. The summed E-state index contributed by atoms with van der Waals surface area (Å²) in [5, 5.41) is 12.8. The molecule has 0 spiro atoms. The number of carboxylic acid groups (broad SMARTS) is 1. The van der Waals surface area contributed by atoms with Crippen LogP contribution in [0.1, 0.15) is 16.8 Å². The molecule has 7 nitrogen and oxygen atoms in total. The lowest BCUT2D eigenvalue weighted by atomic mass is 10.2. The molecule has 156 valence electrons. The summed E-state index contributed by atoms with van der Waals surface area (Å²) < 4.78 is 0. The molecule has 8 heteroatoms. The molecule has 0 saturated heterocycles. The summed E-state index contributed by atoms with van der Waals surface area (Å²) in [5.74, 6) is -0.465. The summed E-state index contributed by atoms with van der Waals surface area (Å²) in [7, 11) is 1.89. The summed E-state index contributed by atoms with van der Waals surface area (Å²) in [6.07, 6.45) is 1.77. The van der Waals surface area contributed by atoms with Crippen LogP contribution in [0.3, 0.4) is 0 Å². The number of anilines is 2. The third kappa shape index (κ3) is 4.70. The van der Waals surface area contributed by atoms with Gasteiger partial charge in [-0.1, -0.05) is 36.4 Å². The molecule has 0 aliphatic carbocycles. The predicted molar refractivity (Wildman–Crippen MR) is 123 cm³/mol. The molecule has 2 heterocycles. The molecule has 2 aromatic heterocycles. The summed E-state index contributed by atoms with van der Waals surface area (Å²) in [4.78, 5) is 36.2. The van der Waals surface area contributed by atoms with E-state index in [1.54, 1.807) is 23.5 Å². The average Bonchev–Trinajstić information content (AvgIpc) is 3.23. The largest absolute Gasteiger partial charge is 0.478 e. The number of benzene rings is 2. The third-order valence-electron chi connectivity index (χ3n) is 4.80. The Kier molecular flexibility index (Phi) is 5.90. The van der Waals surface area contributed by atoms with Crippen molar-refractivity contribution in [3.8, 4) is 10.4 Å². The van der Waals surface area contributed by atoms with Gasteiger partial charge in [0.05, 0.1) is 10.9 Å². The van der Waals surface area contributed by atoms with Crippen molar-refractivity contribution in [2.45, 2.75) is 6.42 Å². The summed E-state index contributed by atoms with van der Waals surface area (Å²) in [6.45, 7) is 0.451. The van der Waals surface area contributed by atoms with Crippen LogP contribution in [0, 0.1) is 0 Å². The van der Waals surface area contributed by atoms with Crippen molar-refractivity contribution in [2.24, 2.45) is 0 Å². The molecule has 0 bridgehead atoms. The number of hydrogen-bond acceptors (Lipinski definition) is 6. The van der Waals surface area contributed by atoms with E-state index in [9.17, 15) is 9.59 Å². The van der Waals surface area contributed by atoms with Crippen LogP contribution in [0.5, 0.6) is 0 Å². The van der Waals surface area contributed by atoms with Gasteiger partial charge in [0.2, 0.25) is 5.91 Å². The van der Waals surface area contributed by atoms with E-state index in [2.05, 4.69) is 33.5 Å². The number of aromatic carboxylic acids is 1. The Balaban J connectivity index is 1.45. The quantitative estimate of drug-likeness (QED) is 0.446. The van der Waals surface area contributed by atoms with E-state index in [-0.39, 0.29) is 17.9 Å². The van der Waals surface area contributed by atoms with Crippen molar-refractivity contribution in [2.75, 3.05) is 23.8 Å². The number of thiophene rings is 1. The van der Waals surface area contributed by atoms with Gasteiger partial charge in [-0.2, -0.15) is 0 Å². The Morgan fingerprint density at radius 2 is 1.87 bits per heavy atom. The smallest absolute Gasteiger partial charge is 0.335 e. The first-order valence-corrected chi connectivity index (χ1v) is 10.5. The molecular weight excluding hydrogens is 412 g/mol. The van der Waals surface area contributed by atoms with E-state index < -0.39 is 5.97 Å². The topological polar surface area (TPSA) is 95.4 Å². The van der Waals surface area contributed by atoms with E-state index in [1.165, 1.54) is 18.5 Å². The molecule has 4 rings (SSSR count). The Hall–Kier alpha value is -3.78. The van der Waals surface area contributed by atoms with Gasteiger partial charge in [-0.25, -0.2) is 14.8 Å². The van der Waals surface area contributed by atoms with Crippen molar-refractivity contribution in [3.63, 3.8) is 0 Å². The summed E-state index contributed by atoms with van der Waals surface area (Å²) >= 11 is 1.61. The van der Waals surface area contributed by atoms with Crippen molar-refractivity contribution >= 4 is 44.9 Å². The molecule has 0 aliphatic heterocycles. The van der Waals surface area contributed by atoms with E-state index in [0.29, 0.717) is 12.2 Å². The zero-order valence-electron chi connectivity index (χ0n) is 16.8. The van der Waals surface area contributed by atoms with E-state index in [4.69, 9.17) is 5.11 Å². The van der Waals surface area contributed by atoms with E-state index >= 15 is 0 Å². The number of amides is 1. The van der Waals surface area contributed by atoms with Gasteiger partial charge in [0, 0.05) is 30.6 Å². The highest BCUT2D eigenvalue weighted by atomic mass is 32.1. The lowest BCUT2D eigenvalue weighted by Crippen LogP contribution is -2.24. The average molecular weight is 433 g/mol. The molecule has 0 saturated carbocycles. The van der Waals surface area contributed by atoms with Crippen LogP contribution in [0.15, 0.2) is 67.0 Å². The first kappa shape index (κ1) is 20.5. The van der Waals surface area contributed by atoms with Crippen molar-refractivity contribution in [3.05, 3.63) is 72.6 Å². The second-order valence-corrected chi connectivity index (χ2v) is 8.03. The second kappa shape index (κ2) is 8.93. The monoisotopic (exact) mass is 432 g/mol. The number of carbonyl (C=O) groups excluding carboxylic acids is 1. The Morgan fingerprint density at radius 3 is 2.65 bits per heavy atom. The highest BCUT2D eigenvalue weighted by molar-refractivity contribution is 7.21. The van der Waals surface area contributed by atoms with Gasteiger partial charge < -0.3 is 15.3 Å². The fourth-order valence-electron chi connectivity index (χ4n) is 3.22. The first-order chi connectivity index (χ1) is 15.0. The molecular formula is C23H20N4O3S. The van der Waals surface area contributed by atoms with Crippen molar-refractivity contribution < 1.29 is 14.7 Å². The van der Waals surface area contributed by atoms with Crippen molar-refractivity contribution in [1.29, 1.82) is 0 Å². The number of nitrogens with one attached hydrogen (secondary N) is 1. The molecule has 2 N–H and O–H groups in total. The molecule has 0 unspecified atom stereocenters. The van der Waals surface area contributed by atoms with Crippen LogP contribution in [-0.2, 0) is 4.79 Å². The Labute approximate surface area is 183 Å². The Bertz CT molecular complexity index is 1240. The van der Waals surface area contributed by atoms with E-state index in [0.717, 1.165) is 26.5 Å². The lowest BCUT2D eigenvalue weighted by Gasteiger charge is -2.18.